The second kappa shape index (κ2) is 6.48. The predicted octanol–water partition coefficient (Wildman–Crippen LogP) is 0.481. The molecule has 2 unspecified atom stereocenters. The van der Waals surface area contributed by atoms with E-state index in [2.05, 4.69) is 10.1 Å². The van der Waals surface area contributed by atoms with Gasteiger partial charge in [0.15, 0.2) is 0 Å². The molecule has 92 valence electrons. The summed E-state index contributed by atoms with van der Waals surface area (Å²) in [7, 11) is 1.32. The minimum Gasteiger partial charge on any atom is -0.469 e. The molecule has 5 nitrogen and oxygen atoms in total. The molecule has 1 heterocycles. The summed E-state index contributed by atoms with van der Waals surface area (Å²) in [6, 6.07) is 0. The van der Waals surface area contributed by atoms with Gasteiger partial charge >= 0.3 is 5.97 Å². The van der Waals surface area contributed by atoms with Crippen LogP contribution in [0.25, 0.3) is 0 Å². The van der Waals surface area contributed by atoms with E-state index in [1.165, 1.54) is 7.11 Å². The number of rotatable bonds is 5. The Morgan fingerprint density at radius 1 is 1.56 bits per heavy atom. The van der Waals surface area contributed by atoms with Gasteiger partial charge in [-0.2, -0.15) is 0 Å². The molecule has 0 aromatic carbocycles. The fraction of sp³-hybridized carbons (Fsp3) is 0.818. The number of hydrogen-bond donors (Lipinski definition) is 1. The molecule has 1 rings (SSSR count). The maximum absolute atomic E-state index is 11.5. The van der Waals surface area contributed by atoms with Gasteiger partial charge in [-0.3, -0.25) is 9.59 Å². The van der Waals surface area contributed by atoms with Gasteiger partial charge in [0.25, 0.3) is 0 Å². The van der Waals surface area contributed by atoms with Crippen LogP contribution < -0.4 is 5.32 Å². The minimum atomic E-state index is -0.394. The third-order valence-electron chi connectivity index (χ3n) is 2.65. The van der Waals surface area contributed by atoms with Crippen LogP contribution in [0.4, 0.5) is 0 Å². The van der Waals surface area contributed by atoms with Gasteiger partial charge in [-0.25, -0.2) is 0 Å². The molecule has 0 bridgehead atoms. The Hall–Kier alpha value is -1.10. The van der Waals surface area contributed by atoms with Gasteiger partial charge in [0.05, 0.1) is 19.1 Å². The average Bonchev–Trinajstić information content (AvgIpc) is 2.78. The van der Waals surface area contributed by atoms with E-state index in [1.807, 2.05) is 0 Å². The zero-order chi connectivity index (χ0) is 12.0. The van der Waals surface area contributed by atoms with Crippen molar-refractivity contribution in [1.82, 2.24) is 5.32 Å². The predicted molar refractivity (Wildman–Crippen MR) is 57.8 cm³/mol. The molecule has 0 spiro atoms. The van der Waals surface area contributed by atoms with Crippen molar-refractivity contribution < 1.29 is 19.1 Å². The monoisotopic (exact) mass is 229 g/mol. The lowest BCUT2D eigenvalue weighted by Crippen LogP contribution is -2.33. The van der Waals surface area contributed by atoms with E-state index in [4.69, 9.17) is 4.74 Å². The van der Waals surface area contributed by atoms with Crippen molar-refractivity contribution in [1.29, 1.82) is 0 Å². The molecule has 16 heavy (non-hydrogen) atoms. The lowest BCUT2D eigenvalue weighted by molar-refractivity contribution is -0.146. The Bertz CT molecular complexity index is 248. The van der Waals surface area contributed by atoms with Gasteiger partial charge in [0, 0.05) is 19.6 Å². The SMILES string of the molecule is COC(=O)C(C)CC(=O)NCC1CCCO1. The zero-order valence-corrected chi connectivity index (χ0v) is 9.82. The van der Waals surface area contributed by atoms with Crippen LogP contribution in [-0.2, 0) is 19.1 Å². The van der Waals surface area contributed by atoms with Crippen molar-refractivity contribution in [3.63, 3.8) is 0 Å². The van der Waals surface area contributed by atoms with Gasteiger partial charge in [0.2, 0.25) is 5.91 Å². The van der Waals surface area contributed by atoms with Gasteiger partial charge < -0.3 is 14.8 Å². The van der Waals surface area contributed by atoms with Crippen LogP contribution in [0, 0.1) is 5.92 Å². The fourth-order valence-corrected chi connectivity index (χ4v) is 1.67. The molecule has 0 aromatic rings. The molecule has 5 heteroatoms. The first-order chi connectivity index (χ1) is 7.63. The quantitative estimate of drug-likeness (QED) is 0.696. The van der Waals surface area contributed by atoms with Crippen LogP contribution in [0.1, 0.15) is 26.2 Å². The van der Waals surface area contributed by atoms with Crippen LogP contribution in [-0.4, -0.2) is 38.2 Å². The Morgan fingerprint density at radius 3 is 2.88 bits per heavy atom. The number of amides is 1. The highest BCUT2D eigenvalue weighted by Gasteiger charge is 2.19. The molecular weight excluding hydrogens is 210 g/mol. The summed E-state index contributed by atoms with van der Waals surface area (Å²) in [6.45, 7) is 2.99. The first kappa shape index (κ1) is 13.0. The van der Waals surface area contributed by atoms with Crippen molar-refractivity contribution in [2.75, 3.05) is 20.3 Å². The molecule has 2 atom stereocenters. The topological polar surface area (TPSA) is 64.6 Å². The van der Waals surface area contributed by atoms with E-state index in [-0.39, 0.29) is 24.4 Å². The van der Waals surface area contributed by atoms with Gasteiger partial charge in [-0.15, -0.1) is 0 Å². The first-order valence-corrected chi connectivity index (χ1v) is 5.59. The standard InChI is InChI=1S/C11H19NO4/c1-8(11(14)15-2)6-10(13)12-7-9-4-3-5-16-9/h8-9H,3-7H2,1-2H3,(H,12,13). The van der Waals surface area contributed by atoms with Crippen molar-refractivity contribution in [2.45, 2.75) is 32.3 Å². The largest absolute Gasteiger partial charge is 0.469 e. The molecule has 1 aliphatic rings. The maximum Gasteiger partial charge on any atom is 0.308 e. The van der Waals surface area contributed by atoms with E-state index in [0.717, 1.165) is 19.4 Å². The summed E-state index contributed by atoms with van der Waals surface area (Å²) in [4.78, 5) is 22.5. The smallest absolute Gasteiger partial charge is 0.308 e. The van der Waals surface area contributed by atoms with Crippen LogP contribution in [0.3, 0.4) is 0 Å². The van der Waals surface area contributed by atoms with E-state index in [1.54, 1.807) is 6.92 Å². The maximum atomic E-state index is 11.5. The van der Waals surface area contributed by atoms with Crippen molar-refractivity contribution >= 4 is 11.9 Å². The summed E-state index contributed by atoms with van der Waals surface area (Å²) in [5, 5.41) is 2.76. The Kier molecular flexibility index (Phi) is 5.25. The van der Waals surface area contributed by atoms with Crippen molar-refractivity contribution in [3.8, 4) is 0 Å². The molecule has 0 radical (unpaired) electrons. The highest BCUT2D eigenvalue weighted by Crippen LogP contribution is 2.11. The van der Waals surface area contributed by atoms with E-state index < -0.39 is 5.92 Å². The first-order valence-electron chi connectivity index (χ1n) is 5.59. The molecular formula is C11H19NO4. The Balaban J connectivity index is 2.17. The molecule has 1 N–H and O–H groups in total. The number of methoxy groups -OCH3 is 1. The second-order valence-corrected chi connectivity index (χ2v) is 4.07. The summed E-state index contributed by atoms with van der Waals surface area (Å²) in [5.41, 5.74) is 0. The van der Waals surface area contributed by atoms with Gasteiger partial charge in [0.1, 0.15) is 0 Å². The zero-order valence-electron chi connectivity index (χ0n) is 9.82. The number of carbonyl (C=O) groups is 2. The summed E-state index contributed by atoms with van der Waals surface area (Å²) >= 11 is 0. The van der Waals surface area contributed by atoms with Gasteiger partial charge in [-0.1, -0.05) is 6.92 Å². The fourth-order valence-electron chi connectivity index (χ4n) is 1.67. The van der Waals surface area contributed by atoms with Crippen LogP contribution in [0.2, 0.25) is 0 Å². The molecule has 1 fully saturated rings. The third kappa shape index (κ3) is 4.18. The van der Waals surface area contributed by atoms with Crippen molar-refractivity contribution in [3.05, 3.63) is 0 Å². The van der Waals surface area contributed by atoms with E-state index in [0.29, 0.717) is 6.54 Å². The van der Waals surface area contributed by atoms with Crippen molar-refractivity contribution in [2.24, 2.45) is 5.92 Å². The summed E-state index contributed by atoms with van der Waals surface area (Å²) < 4.78 is 9.92. The van der Waals surface area contributed by atoms with Crippen LogP contribution in [0.5, 0.6) is 0 Å². The van der Waals surface area contributed by atoms with Crippen LogP contribution >= 0.6 is 0 Å². The molecule has 1 aliphatic heterocycles. The number of nitrogens with one attached hydrogen (secondary N) is 1. The number of hydrogen-bond acceptors (Lipinski definition) is 4. The Labute approximate surface area is 95.5 Å². The molecule has 0 aromatic heterocycles. The minimum absolute atomic E-state index is 0.131. The van der Waals surface area contributed by atoms with Crippen LogP contribution in [0.15, 0.2) is 0 Å². The van der Waals surface area contributed by atoms with E-state index >= 15 is 0 Å². The van der Waals surface area contributed by atoms with Gasteiger partial charge in [-0.05, 0) is 12.8 Å². The average molecular weight is 229 g/mol. The third-order valence-corrected chi connectivity index (χ3v) is 2.65. The second-order valence-electron chi connectivity index (χ2n) is 4.07. The molecule has 1 amide bonds. The molecule has 0 aliphatic carbocycles. The highest BCUT2D eigenvalue weighted by molar-refractivity contribution is 5.82. The molecule has 1 saturated heterocycles. The number of ether oxygens (including phenoxy) is 2. The summed E-state index contributed by atoms with van der Waals surface area (Å²) in [5.74, 6) is -0.879. The summed E-state index contributed by atoms with van der Waals surface area (Å²) in [6.07, 6.45) is 2.35. The highest BCUT2D eigenvalue weighted by atomic mass is 16.5. The molecule has 0 saturated carbocycles. The number of esters is 1. The lowest BCUT2D eigenvalue weighted by atomic mass is 10.1. The lowest BCUT2D eigenvalue weighted by Gasteiger charge is -2.12. The van der Waals surface area contributed by atoms with E-state index in [9.17, 15) is 9.59 Å². The Morgan fingerprint density at radius 2 is 2.31 bits per heavy atom. The number of carbonyl (C=O) groups excluding carboxylic acids is 2. The normalized spacial score (nSPS) is 21.5.